The van der Waals surface area contributed by atoms with Crippen molar-refractivity contribution in [1.82, 2.24) is 0 Å². The van der Waals surface area contributed by atoms with Gasteiger partial charge in [0.25, 0.3) is 0 Å². The summed E-state index contributed by atoms with van der Waals surface area (Å²) in [6.45, 7) is 10.0. The van der Waals surface area contributed by atoms with Crippen molar-refractivity contribution in [3.8, 4) is 0 Å². The molecule has 0 bridgehead atoms. The van der Waals surface area contributed by atoms with Crippen LogP contribution in [0.5, 0.6) is 0 Å². The summed E-state index contributed by atoms with van der Waals surface area (Å²) < 4.78 is 0. The Morgan fingerprint density at radius 1 is 0.864 bits per heavy atom. The molecule has 0 aromatic heterocycles. The van der Waals surface area contributed by atoms with Gasteiger partial charge in [-0.15, -0.1) is 0 Å². The number of rotatable bonds is 4. The lowest BCUT2D eigenvalue weighted by molar-refractivity contribution is -0.116. The number of anilines is 2. The molecule has 1 atom stereocenters. The number of carbonyl (C=O) groups is 1. The SMILES string of the molecule is Cc1ccc(NC(C)C(=O)Nc2cc(C)ccc2C)c(C)c1. The van der Waals surface area contributed by atoms with Gasteiger partial charge in [-0.25, -0.2) is 0 Å². The Labute approximate surface area is 132 Å². The van der Waals surface area contributed by atoms with E-state index in [0.29, 0.717) is 0 Å². The highest BCUT2D eigenvalue weighted by Crippen LogP contribution is 2.19. The second-order valence-electron chi connectivity index (χ2n) is 5.99. The van der Waals surface area contributed by atoms with Crippen LogP contribution < -0.4 is 10.6 Å². The number of amides is 1. The van der Waals surface area contributed by atoms with E-state index in [-0.39, 0.29) is 11.9 Å². The molecule has 0 aliphatic carbocycles. The summed E-state index contributed by atoms with van der Waals surface area (Å²) in [5, 5.41) is 6.28. The lowest BCUT2D eigenvalue weighted by Crippen LogP contribution is -2.32. The minimum absolute atomic E-state index is 0.0336. The minimum atomic E-state index is -0.304. The summed E-state index contributed by atoms with van der Waals surface area (Å²) in [5.74, 6) is -0.0336. The van der Waals surface area contributed by atoms with Crippen molar-refractivity contribution in [2.24, 2.45) is 0 Å². The molecule has 2 aromatic carbocycles. The Morgan fingerprint density at radius 3 is 2.18 bits per heavy atom. The lowest BCUT2D eigenvalue weighted by atomic mass is 10.1. The van der Waals surface area contributed by atoms with Crippen molar-refractivity contribution in [3.63, 3.8) is 0 Å². The molecule has 22 heavy (non-hydrogen) atoms. The van der Waals surface area contributed by atoms with Crippen molar-refractivity contribution >= 4 is 17.3 Å². The Kier molecular flexibility index (Phi) is 4.86. The van der Waals surface area contributed by atoms with Crippen LogP contribution in [-0.2, 0) is 4.79 Å². The van der Waals surface area contributed by atoms with Crippen LogP contribution in [0.4, 0.5) is 11.4 Å². The van der Waals surface area contributed by atoms with Crippen molar-refractivity contribution in [2.75, 3.05) is 10.6 Å². The molecule has 2 N–H and O–H groups in total. The zero-order valence-corrected chi connectivity index (χ0v) is 13.9. The summed E-state index contributed by atoms with van der Waals surface area (Å²) in [6.07, 6.45) is 0. The first-order valence-electron chi connectivity index (χ1n) is 7.58. The number of benzene rings is 2. The quantitative estimate of drug-likeness (QED) is 0.880. The molecule has 0 spiro atoms. The zero-order valence-electron chi connectivity index (χ0n) is 13.9. The summed E-state index contributed by atoms with van der Waals surface area (Å²) in [5.41, 5.74) is 6.43. The van der Waals surface area contributed by atoms with Gasteiger partial charge in [-0.2, -0.15) is 0 Å². The molecule has 0 saturated carbocycles. The van der Waals surface area contributed by atoms with E-state index in [1.807, 2.05) is 58.0 Å². The molecule has 116 valence electrons. The second kappa shape index (κ2) is 6.65. The van der Waals surface area contributed by atoms with Gasteiger partial charge < -0.3 is 10.6 Å². The molecule has 0 fully saturated rings. The number of nitrogens with one attached hydrogen (secondary N) is 2. The van der Waals surface area contributed by atoms with Crippen molar-refractivity contribution < 1.29 is 4.79 Å². The zero-order chi connectivity index (χ0) is 16.3. The van der Waals surface area contributed by atoms with Crippen LogP contribution in [0.15, 0.2) is 36.4 Å². The van der Waals surface area contributed by atoms with E-state index in [2.05, 4.69) is 23.6 Å². The van der Waals surface area contributed by atoms with E-state index >= 15 is 0 Å². The first-order valence-corrected chi connectivity index (χ1v) is 7.58. The summed E-state index contributed by atoms with van der Waals surface area (Å²) in [4.78, 5) is 12.4. The molecule has 1 unspecified atom stereocenters. The Hall–Kier alpha value is -2.29. The summed E-state index contributed by atoms with van der Waals surface area (Å²) in [7, 11) is 0. The highest BCUT2D eigenvalue weighted by atomic mass is 16.2. The molecule has 2 rings (SSSR count). The van der Waals surface area contributed by atoms with Gasteiger partial charge in [0.2, 0.25) is 5.91 Å². The fourth-order valence-corrected chi connectivity index (χ4v) is 2.39. The van der Waals surface area contributed by atoms with Gasteiger partial charge in [-0.3, -0.25) is 4.79 Å². The average Bonchev–Trinajstić information content (AvgIpc) is 2.45. The average molecular weight is 296 g/mol. The highest BCUT2D eigenvalue weighted by Gasteiger charge is 2.14. The topological polar surface area (TPSA) is 41.1 Å². The largest absolute Gasteiger partial charge is 0.374 e. The standard InChI is InChI=1S/C19H24N2O/c1-12-7-9-17(15(4)10-12)20-16(5)19(22)21-18-11-13(2)6-8-14(18)3/h6-11,16,20H,1-5H3,(H,21,22). The molecular weight excluding hydrogens is 272 g/mol. The number of hydrogen-bond donors (Lipinski definition) is 2. The molecule has 0 radical (unpaired) electrons. The molecule has 0 saturated heterocycles. The van der Waals surface area contributed by atoms with Crippen LogP contribution in [-0.4, -0.2) is 11.9 Å². The van der Waals surface area contributed by atoms with E-state index in [0.717, 1.165) is 28.1 Å². The third-order valence-electron chi connectivity index (χ3n) is 3.80. The molecule has 2 aromatic rings. The van der Waals surface area contributed by atoms with Gasteiger partial charge >= 0.3 is 0 Å². The van der Waals surface area contributed by atoms with Crippen LogP contribution in [0.3, 0.4) is 0 Å². The second-order valence-corrected chi connectivity index (χ2v) is 5.99. The summed E-state index contributed by atoms with van der Waals surface area (Å²) in [6, 6.07) is 11.9. The highest BCUT2D eigenvalue weighted by molar-refractivity contribution is 5.97. The number of carbonyl (C=O) groups excluding carboxylic acids is 1. The van der Waals surface area contributed by atoms with Gasteiger partial charge in [0.15, 0.2) is 0 Å². The predicted octanol–water partition coefficient (Wildman–Crippen LogP) is 4.36. The van der Waals surface area contributed by atoms with Crippen LogP contribution in [0.25, 0.3) is 0 Å². The van der Waals surface area contributed by atoms with Crippen LogP contribution in [0.1, 0.15) is 29.2 Å². The van der Waals surface area contributed by atoms with Gasteiger partial charge in [0.05, 0.1) is 0 Å². The van der Waals surface area contributed by atoms with E-state index in [1.54, 1.807) is 0 Å². The molecule has 0 heterocycles. The maximum Gasteiger partial charge on any atom is 0.246 e. The van der Waals surface area contributed by atoms with Crippen LogP contribution in [0.2, 0.25) is 0 Å². The smallest absolute Gasteiger partial charge is 0.246 e. The number of aryl methyl sites for hydroxylation is 4. The lowest BCUT2D eigenvalue weighted by Gasteiger charge is -2.18. The van der Waals surface area contributed by atoms with E-state index in [4.69, 9.17) is 0 Å². The van der Waals surface area contributed by atoms with Gasteiger partial charge in [-0.05, 0) is 63.4 Å². The first kappa shape index (κ1) is 16.1. The molecular formula is C19H24N2O. The van der Waals surface area contributed by atoms with E-state index in [9.17, 15) is 4.79 Å². The summed E-state index contributed by atoms with van der Waals surface area (Å²) >= 11 is 0. The maximum absolute atomic E-state index is 12.4. The van der Waals surface area contributed by atoms with E-state index in [1.165, 1.54) is 5.56 Å². The van der Waals surface area contributed by atoms with Crippen molar-refractivity contribution in [2.45, 2.75) is 40.7 Å². The van der Waals surface area contributed by atoms with E-state index < -0.39 is 0 Å². The molecule has 0 aliphatic rings. The minimum Gasteiger partial charge on any atom is -0.374 e. The molecule has 0 aliphatic heterocycles. The monoisotopic (exact) mass is 296 g/mol. The first-order chi connectivity index (χ1) is 10.4. The Morgan fingerprint density at radius 2 is 1.50 bits per heavy atom. The third-order valence-corrected chi connectivity index (χ3v) is 3.80. The Bertz CT molecular complexity index is 692. The molecule has 3 heteroatoms. The molecule has 3 nitrogen and oxygen atoms in total. The third kappa shape index (κ3) is 3.88. The van der Waals surface area contributed by atoms with Crippen LogP contribution >= 0.6 is 0 Å². The van der Waals surface area contributed by atoms with Gasteiger partial charge in [0.1, 0.15) is 6.04 Å². The Balaban J connectivity index is 2.07. The van der Waals surface area contributed by atoms with Gasteiger partial charge in [0, 0.05) is 11.4 Å². The fraction of sp³-hybridized carbons (Fsp3) is 0.316. The maximum atomic E-state index is 12.4. The fourth-order valence-electron chi connectivity index (χ4n) is 2.39. The van der Waals surface area contributed by atoms with Crippen LogP contribution in [0, 0.1) is 27.7 Å². The number of hydrogen-bond acceptors (Lipinski definition) is 2. The van der Waals surface area contributed by atoms with Crippen molar-refractivity contribution in [1.29, 1.82) is 0 Å². The predicted molar refractivity (Wildman–Crippen MR) is 93.5 cm³/mol. The van der Waals surface area contributed by atoms with Crippen molar-refractivity contribution in [3.05, 3.63) is 58.7 Å². The molecule has 1 amide bonds. The van der Waals surface area contributed by atoms with Gasteiger partial charge in [-0.1, -0.05) is 29.8 Å². The normalized spacial score (nSPS) is 11.9.